The van der Waals surface area contributed by atoms with Crippen LogP contribution in [0.3, 0.4) is 0 Å². The van der Waals surface area contributed by atoms with Crippen molar-refractivity contribution in [2.75, 3.05) is 0 Å². The highest BCUT2D eigenvalue weighted by Gasteiger charge is 2.10. The van der Waals surface area contributed by atoms with Gasteiger partial charge in [-0.1, -0.05) is 25.4 Å². The van der Waals surface area contributed by atoms with Crippen molar-refractivity contribution in [1.29, 1.82) is 0 Å². The molecule has 0 bridgehead atoms. The Hall–Kier alpha value is -1.52. The van der Waals surface area contributed by atoms with Crippen molar-refractivity contribution < 1.29 is 9.32 Å². The summed E-state index contributed by atoms with van der Waals surface area (Å²) >= 11 is 0. The maximum Gasteiger partial charge on any atom is 0.315 e. The third-order valence-corrected chi connectivity index (χ3v) is 2.94. The SMILES string of the molecule is CC[C@@H](C)C[C@H](C)NC(=O)NCc1cc(C)on1. The largest absolute Gasteiger partial charge is 0.361 e. The van der Waals surface area contributed by atoms with Crippen molar-refractivity contribution in [3.63, 3.8) is 0 Å². The molecule has 0 saturated carbocycles. The average molecular weight is 253 g/mol. The Bertz CT molecular complexity index is 376. The van der Waals surface area contributed by atoms with Crippen LogP contribution in [0.4, 0.5) is 4.79 Å². The summed E-state index contributed by atoms with van der Waals surface area (Å²) in [5.74, 6) is 1.37. The van der Waals surface area contributed by atoms with Crippen molar-refractivity contribution in [2.45, 2.75) is 53.1 Å². The highest BCUT2D eigenvalue weighted by atomic mass is 16.5. The monoisotopic (exact) mass is 253 g/mol. The van der Waals surface area contributed by atoms with E-state index in [1.54, 1.807) is 0 Å². The van der Waals surface area contributed by atoms with E-state index in [1.165, 1.54) is 0 Å². The van der Waals surface area contributed by atoms with Gasteiger partial charge in [-0.2, -0.15) is 0 Å². The van der Waals surface area contributed by atoms with E-state index in [4.69, 9.17) is 4.52 Å². The molecule has 0 aliphatic rings. The molecule has 0 aliphatic carbocycles. The maximum absolute atomic E-state index is 11.6. The smallest absolute Gasteiger partial charge is 0.315 e. The molecule has 0 spiro atoms. The van der Waals surface area contributed by atoms with E-state index in [0.717, 1.165) is 24.3 Å². The lowest BCUT2D eigenvalue weighted by Crippen LogP contribution is -2.41. The number of carbonyl (C=O) groups is 1. The molecule has 5 nitrogen and oxygen atoms in total. The molecule has 2 atom stereocenters. The molecule has 0 saturated heterocycles. The number of hydrogen-bond acceptors (Lipinski definition) is 3. The molecule has 1 aromatic rings. The van der Waals surface area contributed by atoms with Gasteiger partial charge in [0.1, 0.15) is 11.5 Å². The van der Waals surface area contributed by atoms with Crippen molar-refractivity contribution in [1.82, 2.24) is 15.8 Å². The molecule has 1 heterocycles. The van der Waals surface area contributed by atoms with Gasteiger partial charge in [-0.05, 0) is 26.2 Å². The zero-order valence-corrected chi connectivity index (χ0v) is 11.6. The number of urea groups is 1. The van der Waals surface area contributed by atoms with Crippen LogP contribution in [-0.2, 0) is 6.54 Å². The van der Waals surface area contributed by atoms with E-state index >= 15 is 0 Å². The average Bonchev–Trinajstić information content (AvgIpc) is 2.72. The van der Waals surface area contributed by atoms with Crippen molar-refractivity contribution >= 4 is 6.03 Å². The highest BCUT2D eigenvalue weighted by molar-refractivity contribution is 5.74. The minimum absolute atomic E-state index is 0.161. The molecule has 0 aliphatic heterocycles. The van der Waals surface area contributed by atoms with E-state index in [9.17, 15) is 4.79 Å². The summed E-state index contributed by atoms with van der Waals surface area (Å²) in [7, 11) is 0. The Morgan fingerprint density at radius 3 is 2.78 bits per heavy atom. The minimum Gasteiger partial charge on any atom is -0.361 e. The third-order valence-electron chi connectivity index (χ3n) is 2.94. The Morgan fingerprint density at radius 1 is 1.50 bits per heavy atom. The molecule has 1 rings (SSSR count). The third kappa shape index (κ3) is 5.21. The summed E-state index contributed by atoms with van der Waals surface area (Å²) in [5.41, 5.74) is 0.734. The lowest BCUT2D eigenvalue weighted by Gasteiger charge is -2.17. The molecule has 0 radical (unpaired) electrons. The second-order valence-corrected chi connectivity index (χ2v) is 4.91. The number of carbonyl (C=O) groups excluding carboxylic acids is 1. The predicted octanol–water partition coefficient (Wildman–Crippen LogP) is 2.61. The zero-order valence-electron chi connectivity index (χ0n) is 11.6. The van der Waals surface area contributed by atoms with Gasteiger partial charge in [0.25, 0.3) is 0 Å². The summed E-state index contributed by atoms with van der Waals surface area (Å²) in [6.07, 6.45) is 2.12. The Morgan fingerprint density at radius 2 is 2.22 bits per heavy atom. The first kappa shape index (κ1) is 14.5. The van der Waals surface area contributed by atoms with Crippen LogP contribution in [0.2, 0.25) is 0 Å². The van der Waals surface area contributed by atoms with Crippen LogP contribution < -0.4 is 10.6 Å². The van der Waals surface area contributed by atoms with Gasteiger partial charge >= 0.3 is 6.03 Å². The van der Waals surface area contributed by atoms with Gasteiger partial charge in [0.15, 0.2) is 0 Å². The minimum atomic E-state index is -0.161. The molecule has 0 unspecified atom stereocenters. The normalized spacial score (nSPS) is 14.0. The molecule has 2 amide bonds. The van der Waals surface area contributed by atoms with Crippen LogP contribution in [0, 0.1) is 12.8 Å². The lowest BCUT2D eigenvalue weighted by atomic mass is 10.0. The Labute approximate surface area is 108 Å². The van der Waals surface area contributed by atoms with Crippen molar-refractivity contribution in [3.05, 3.63) is 17.5 Å². The molecule has 102 valence electrons. The van der Waals surface area contributed by atoms with Gasteiger partial charge in [-0.25, -0.2) is 4.79 Å². The van der Waals surface area contributed by atoms with Crippen LogP contribution >= 0.6 is 0 Å². The quantitative estimate of drug-likeness (QED) is 0.819. The van der Waals surface area contributed by atoms with Gasteiger partial charge in [-0.3, -0.25) is 0 Å². The predicted molar refractivity (Wildman–Crippen MR) is 70.1 cm³/mol. The number of rotatable bonds is 6. The van der Waals surface area contributed by atoms with Crippen molar-refractivity contribution in [2.24, 2.45) is 5.92 Å². The fourth-order valence-electron chi connectivity index (χ4n) is 1.78. The van der Waals surface area contributed by atoms with Gasteiger partial charge in [0, 0.05) is 12.1 Å². The molecule has 18 heavy (non-hydrogen) atoms. The van der Waals surface area contributed by atoms with Gasteiger partial charge < -0.3 is 15.2 Å². The highest BCUT2D eigenvalue weighted by Crippen LogP contribution is 2.09. The topological polar surface area (TPSA) is 67.2 Å². The van der Waals surface area contributed by atoms with Crippen LogP contribution in [0.25, 0.3) is 0 Å². The van der Waals surface area contributed by atoms with Crippen LogP contribution in [-0.4, -0.2) is 17.2 Å². The number of hydrogen-bond donors (Lipinski definition) is 2. The number of aryl methyl sites for hydroxylation is 1. The molecule has 0 fully saturated rings. The maximum atomic E-state index is 11.6. The molecule has 2 N–H and O–H groups in total. The molecular formula is C13H23N3O2. The van der Waals surface area contributed by atoms with Crippen LogP contribution in [0.15, 0.2) is 10.6 Å². The van der Waals surface area contributed by atoms with Crippen molar-refractivity contribution in [3.8, 4) is 0 Å². The Kier molecular flexibility index (Phi) is 5.68. The van der Waals surface area contributed by atoms with E-state index < -0.39 is 0 Å². The number of amides is 2. The summed E-state index contributed by atoms with van der Waals surface area (Å²) in [5, 5.41) is 9.49. The lowest BCUT2D eigenvalue weighted by molar-refractivity contribution is 0.235. The second kappa shape index (κ2) is 7.03. The van der Waals surface area contributed by atoms with Crippen LogP contribution in [0.5, 0.6) is 0 Å². The fraction of sp³-hybridized carbons (Fsp3) is 0.692. The first-order valence-corrected chi connectivity index (χ1v) is 6.47. The van der Waals surface area contributed by atoms with Gasteiger partial charge in [-0.15, -0.1) is 0 Å². The standard InChI is InChI=1S/C13H23N3O2/c1-5-9(2)6-10(3)15-13(17)14-8-12-7-11(4)18-16-12/h7,9-10H,5-6,8H2,1-4H3,(H2,14,15,17)/t9-,10+/m1/s1. The van der Waals surface area contributed by atoms with Crippen LogP contribution in [0.1, 0.15) is 45.1 Å². The van der Waals surface area contributed by atoms with Gasteiger partial charge in [0.2, 0.25) is 0 Å². The van der Waals surface area contributed by atoms with E-state index in [2.05, 4.69) is 29.6 Å². The number of nitrogens with one attached hydrogen (secondary N) is 2. The van der Waals surface area contributed by atoms with E-state index in [-0.39, 0.29) is 12.1 Å². The number of aromatic nitrogens is 1. The summed E-state index contributed by atoms with van der Waals surface area (Å²) in [6.45, 7) is 8.58. The van der Waals surface area contributed by atoms with E-state index in [1.807, 2.05) is 19.9 Å². The first-order chi connectivity index (χ1) is 8.51. The Balaban J connectivity index is 2.25. The molecule has 0 aromatic carbocycles. The zero-order chi connectivity index (χ0) is 13.5. The van der Waals surface area contributed by atoms with Gasteiger partial charge in [0.05, 0.1) is 6.54 Å². The summed E-state index contributed by atoms with van der Waals surface area (Å²) in [4.78, 5) is 11.6. The second-order valence-electron chi connectivity index (χ2n) is 4.91. The molecule has 5 heteroatoms. The molecular weight excluding hydrogens is 230 g/mol. The fourth-order valence-corrected chi connectivity index (χ4v) is 1.78. The van der Waals surface area contributed by atoms with E-state index in [0.29, 0.717) is 12.5 Å². The molecule has 1 aromatic heterocycles. The first-order valence-electron chi connectivity index (χ1n) is 6.47. The summed E-state index contributed by atoms with van der Waals surface area (Å²) in [6, 6.07) is 1.83. The number of nitrogens with zero attached hydrogens (tertiary/aromatic N) is 1. The summed E-state index contributed by atoms with van der Waals surface area (Å²) < 4.78 is 4.92.